The van der Waals surface area contributed by atoms with E-state index in [0.29, 0.717) is 11.5 Å². The molecule has 1 N–H and O–H groups in total. The van der Waals surface area contributed by atoms with Crippen LogP contribution in [0, 0.1) is 0 Å². The lowest BCUT2D eigenvalue weighted by Crippen LogP contribution is -2.38. The summed E-state index contributed by atoms with van der Waals surface area (Å²) < 4.78 is 32.1. The standard InChI is InChI=1S/C13H18N2O3S.ClH/c1-15(11-4-6-14-9-11)19(16,17)12-2-3-13-10(8-12)5-7-18-13;/h2-3,8,11,14H,4-7,9H2,1H3;1H. The van der Waals surface area contributed by atoms with Crippen LogP contribution in [-0.4, -0.2) is 45.5 Å². The quantitative estimate of drug-likeness (QED) is 0.904. The van der Waals surface area contributed by atoms with Gasteiger partial charge >= 0.3 is 0 Å². The molecule has 7 heteroatoms. The number of rotatable bonds is 3. The van der Waals surface area contributed by atoms with E-state index in [0.717, 1.165) is 37.2 Å². The van der Waals surface area contributed by atoms with Crippen LogP contribution in [-0.2, 0) is 16.4 Å². The lowest BCUT2D eigenvalue weighted by Gasteiger charge is -2.23. The Hall–Kier alpha value is -0.820. The molecule has 5 nitrogen and oxygen atoms in total. The fraction of sp³-hybridized carbons (Fsp3) is 0.538. The maximum atomic E-state index is 12.6. The maximum absolute atomic E-state index is 12.6. The zero-order valence-corrected chi connectivity index (χ0v) is 13.0. The molecule has 0 saturated carbocycles. The van der Waals surface area contributed by atoms with E-state index in [1.165, 1.54) is 4.31 Å². The molecule has 0 spiro atoms. The van der Waals surface area contributed by atoms with Crippen LogP contribution < -0.4 is 10.1 Å². The van der Waals surface area contributed by atoms with Gasteiger partial charge in [0.15, 0.2) is 0 Å². The molecule has 0 bridgehead atoms. The lowest BCUT2D eigenvalue weighted by atomic mass is 10.2. The summed E-state index contributed by atoms with van der Waals surface area (Å²) in [5.41, 5.74) is 0.985. The van der Waals surface area contributed by atoms with Gasteiger partial charge in [0, 0.05) is 26.1 Å². The Morgan fingerprint density at radius 2 is 2.20 bits per heavy atom. The predicted octanol–water partition coefficient (Wildman–Crippen LogP) is 1.03. The van der Waals surface area contributed by atoms with Crippen molar-refractivity contribution < 1.29 is 13.2 Å². The van der Waals surface area contributed by atoms with Gasteiger partial charge in [-0.05, 0) is 36.7 Å². The number of nitrogens with one attached hydrogen (secondary N) is 1. The van der Waals surface area contributed by atoms with Crippen molar-refractivity contribution in [2.24, 2.45) is 0 Å². The van der Waals surface area contributed by atoms with Crippen LogP contribution in [0.5, 0.6) is 5.75 Å². The van der Waals surface area contributed by atoms with E-state index in [1.807, 2.05) is 0 Å². The number of hydrogen-bond acceptors (Lipinski definition) is 4. The van der Waals surface area contributed by atoms with Crippen LogP contribution in [0.15, 0.2) is 23.1 Å². The molecule has 0 amide bonds. The highest BCUT2D eigenvalue weighted by atomic mass is 35.5. The summed E-state index contributed by atoms with van der Waals surface area (Å²) in [6.45, 7) is 2.24. The molecule has 2 aliphatic rings. The van der Waals surface area contributed by atoms with Gasteiger partial charge in [-0.2, -0.15) is 4.31 Å². The van der Waals surface area contributed by atoms with E-state index >= 15 is 0 Å². The first-order valence-electron chi connectivity index (χ1n) is 6.53. The molecule has 1 aromatic rings. The van der Waals surface area contributed by atoms with Crippen molar-refractivity contribution >= 4 is 22.4 Å². The maximum Gasteiger partial charge on any atom is 0.243 e. The fourth-order valence-corrected chi connectivity index (χ4v) is 4.07. The van der Waals surface area contributed by atoms with E-state index < -0.39 is 10.0 Å². The number of fused-ring (bicyclic) bond motifs is 1. The third-order valence-electron chi connectivity index (χ3n) is 3.89. The molecule has 0 aliphatic carbocycles. The highest BCUT2D eigenvalue weighted by Crippen LogP contribution is 2.29. The highest BCUT2D eigenvalue weighted by Gasteiger charge is 2.30. The normalized spacial score (nSPS) is 21.4. The van der Waals surface area contributed by atoms with Crippen LogP contribution in [0.4, 0.5) is 0 Å². The van der Waals surface area contributed by atoms with Gasteiger partial charge in [-0.1, -0.05) is 0 Å². The van der Waals surface area contributed by atoms with Gasteiger partial charge in [0.1, 0.15) is 5.75 Å². The van der Waals surface area contributed by atoms with Crippen LogP contribution in [0.1, 0.15) is 12.0 Å². The van der Waals surface area contributed by atoms with Crippen molar-refractivity contribution in [3.8, 4) is 5.75 Å². The third-order valence-corrected chi connectivity index (χ3v) is 5.79. The van der Waals surface area contributed by atoms with Gasteiger partial charge in [-0.3, -0.25) is 0 Å². The Morgan fingerprint density at radius 3 is 2.90 bits per heavy atom. The van der Waals surface area contributed by atoms with E-state index in [4.69, 9.17) is 4.74 Å². The molecule has 1 saturated heterocycles. The second kappa shape index (κ2) is 5.89. The Balaban J connectivity index is 0.00000147. The number of sulfonamides is 1. The molecular weight excluding hydrogens is 300 g/mol. The monoisotopic (exact) mass is 318 g/mol. The van der Waals surface area contributed by atoms with Gasteiger partial charge in [-0.15, -0.1) is 12.4 Å². The largest absolute Gasteiger partial charge is 0.493 e. The van der Waals surface area contributed by atoms with Crippen molar-refractivity contribution in [3.63, 3.8) is 0 Å². The minimum Gasteiger partial charge on any atom is -0.493 e. The number of ether oxygens (including phenoxy) is 1. The molecule has 1 unspecified atom stereocenters. The van der Waals surface area contributed by atoms with Gasteiger partial charge < -0.3 is 10.1 Å². The Bertz CT molecular complexity index is 585. The molecule has 1 atom stereocenters. The minimum atomic E-state index is -3.41. The fourth-order valence-electron chi connectivity index (χ4n) is 2.64. The summed E-state index contributed by atoms with van der Waals surface area (Å²) in [6, 6.07) is 5.19. The predicted molar refractivity (Wildman–Crippen MR) is 79.1 cm³/mol. The van der Waals surface area contributed by atoms with Crippen LogP contribution in [0.3, 0.4) is 0 Å². The van der Waals surface area contributed by atoms with Gasteiger partial charge in [0.25, 0.3) is 0 Å². The van der Waals surface area contributed by atoms with Crippen molar-refractivity contribution in [2.75, 3.05) is 26.7 Å². The molecule has 2 heterocycles. The first kappa shape index (κ1) is 15.6. The topological polar surface area (TPSA) is 58.6 Å². The van der Waals surface area contributed by atoms with E-state index in [-0.39, 0.29) is 18.4 Å². The molecule has 112 valence electrons. The van der Waals surface area contributed by atoms with E-state index in [9.17, 15) is 8.42 Å². The first-order chi connectivity index (χ1) is 9.09. The number of hydrogen-bond donors (Lipinski definition) is 1. The van der Waals surface area contributed by atoms with Crippen molar-refractivity contribution in [2.45, 2.75) is 23.8 Å². The second-order valence-corrected chi connectivity index (χ2v) is 7.03. The van der Waals surface area contributed by atoms with Gasteiger partial charge in [0.05, 0.1) is 11.5 Å². The third kappa shape index (κ3) is 2.65. The zero-order chi connectivity index (χ0) is 13.5. The summed E-state index contributed by atoms with van der Waals surface area (Å²) in [7, 11) is -1.74. The molecule has 2 aliphatic heterocycles. The zero-order valence-electron chi connectivity index (χ0n) is 11.3. The first-order valence-corrected chi connectivity index (χ1v) is 7.97. The Kier molecular flexibility index (Phi) is 4.59. The Morgan fingerprint density at radius 1 is 1.40 bits per heavy atom. The second-order valence-electron chi connectivity index (χ2n) is 5.04. The molecule has 1 fully saturated rings. The highest BCUT2D eigenvalue weighted by molar-refractivity contribution is 7.89. The van der Waals surface area contributed by atoms with Crippen molar-refractivity contribution in [1.82, 2.24) is 9.62 Å². The smallest absolute Gasteiger partial charge is 0.243 e. The van der Waals surface area contributed by atoms with Gasteiger partial charge in [0.2, 0.25) is 10.0 Å². The molecule has 3 rings (SSSR count). The molecular formula is C13H19ClN2O3S. The summed E-state index contributed by atoms with van der Waals surface area (Å²) in [6.07, 6.45) is 1.65. The SMILES string of the molecule is CN(C1CCNC1)S(=O)(=O)c1ccc2c(c1)CCO2.Cl. The van der Waals surface area contributed by atoms with E-state index in [1.54, 1.807) is 25.2 Å². The number of nitrogens with zero attached hydrogens (tertiary/aromatic N) is 1. The summed E-state index contributed by atoms with van der Waals surface area (Å²) in [5.74, 6) is 0.809. The van der Waals surface area contributed by atoms with Crippen LogP contribution >= 0.6 is 12.4 Å². The number of likely N-dealkylation sites (N-methyl/N-ethyl adjacent to an activating group) is 1. The average Bonchev–Trinajstić information content (AvgIpc) is 3.07. The van der Waals surface area contributed by atoms with Crippen molar-refractivity contribution in [3.05, 3.63) is 23.8 Å². The molecule has 20 heavy (non-hydrogen) atoms. The van der Waals surface area contributed by atoms with Crippen LogP contribution in [0.25, 0.3) is 0 Å². The molecule has 1 aromatic carbocycles. The minimum absolute atomic E-state index is 0. The lowest BCUT2D eigenvalue weighted by molar-refractivity contribution is 0.356. The summed E-state index contributed by atoms with van der Waals surface area (Å²) in [5, 5.41) is 3.19. The summed E-state index contributed by atoms with van der Waals surface area (Å²) >= 11 is 0. The van der Waals surface area contributed by atoms with Crippen molar-refractivity contribution in [1.29, 1.82) is 0 Å². The number of benzene rings is 1. The Labute approximate surface area is 125 Å². The number of halogens is 1. The van der Waals surface area contributed by atoms with E-state index in [2.05, 4.69) is 5.32 Å². The van der Waals surface area contributed by atoms with Gasteiger partial charge in [-0.25, -0.2) is 8.42 Å². The molecule has 0 radical (unpaired) electrons. The average molecular weight is 319 g/mol. The van der Waals surface area contributed by atoms with Crippen LogP contribution in [0.2, 0.25) is 0 Å². The summed E-state index contributed by atoms with van der Waals surface area (Å²) in [4.78, 5) is 0.367. The molecule has 0 aromatic heterocycles.